The molecule has 0 saturated carbocycles. The van der Waals surface area contributed by atoms with Crippen LogP contribution in [0.5, 0.6) is 0 Å². The van der Waals surface area contributed by atoms with Crippen molar-refractivity contribution in [3.63, 3.8) is 0 Å². The van der Waals surface area contributed by atoms with Crippen LogP contribution in [0.1, 0.15) is 31.0 Å². The molecule has 0 aliphatic carbocycles. The Balaban J connectivity index is 2.10. The summed E-state index contributed by atoms with van der Waals surface area (Å²) in [5, 5.41) is 20.0. The van der Waals surface area contributed by atoms with E-state index in [1.807, 2.05) is 26.0 Å². The lowest BCUT2D eigenvalue weighted by Gasteiger charge is -2.16. The lowest BCUT2D eigenvalue weighted by Crippen LogP contribution is -2.22. The third-order valence-electron chi connectivity index (χ3n) is 5.04. The first kappa shape index (κ1) is 19.1. The van der Waals surface area contributed by atoms with Gasteiger partial charge in [-0.1, -0.05) is 13.8 Å². The molecule has 0 amide bonds. The summed E-state index contributed by atoms with van der Waals surface area (Å²) in [7, 11) is 0. The van der Waals surface area contributed by atoms with Crippen molar-refractivity contribution >= 4 is 27.9 Å². The average molecular weight is 399 g/mol. The van der Waals surface area contributed by atoms with E-state index >= 15 is 0 Å². The number of nitrogens with one attached hydrogen (secondary N) is 1. The van der Waals surface area contributed by atoms with Gasteiger partial charge >= 0.3 is 5.97 Å². The largest absolute Gasteiger partial charge is 0.479 e. The molecule has 2 aromatic heterocycles. The monoisotopic (exact) mass is 399 g/mol. The van der Waals surface area contributed by atoms with Crippen LogP contribution in [0.2, 0.25) is 0 Å². The number of H-pyrrole nitrogens is 1. The molecule has 8 heteroatoms. The number of hydrogen-bond donors (Lipinski definition) is 3. The molecule has 3 N–H and O–H groups in total. The van der Waals surface area contributed by atoms with Crippen LogP contribution in [0.3, 0.4) is 0 Å². The number of carboxylic acid groups (broad SMARTS) is 1. The normalized spacial score (nSPS) is 12.9. The number of halogens is 2. The number of aliphatic hydroxyl groups is 1. The molecule has 0 aliphatic heterocycles. The SMILES string of the molecule is CC(C)c1c(C[C@H](O)C(=O)O)c2cc3[nH]cnc3cc2n1-c1ccc(F)c(F)c1. The second-order valence-corrected chi connectivity index (χ2v) is 7.30. The van der Waals surface area contributed by atoms with Crippen LogP contribution >= 0.6 is 0 Å². The molecule has 0 unspecified atom stereocenters. The zero-order valence-corrected chi connectivity index (χ0v) is 15.8. The van der Waals surface area contributed by atoms with Crippen molar-refractivity contribution in [2.75, 3.05) is 0 Å². The van der Waals surface area contributed by atoms with E-state index in [-0.39, 0.29) is 12.3 Å². The highest BCUT2D eigenvalue weighted by molar-refractivity contribution is 5.98. The summed E-state index contributed by atoms with van der Waals surface area (Å²) in [5.41, 5.74) is 3.88. The number of hydrogen-bond acceptors (Lipinski definition) is 3. The van der Waals surface area contributed by atoms with Crippen molar-refractivity contribution in [2.24, 2.45) is 0 Å². The zero-order valence-electron chi connectivity index (χ0n) is 15.8. The summed E-state index contributed by atoms with van der Waals surface area (Å²) >= 11 is 0. The topological polar surface area (TPSA) is 91.1 Å². The Hall–Kier alpha value is -3.26. The lowest BCUT2D eigenvalue weighted by molar-refractivity contribution is -0.146. The number of imidazole rings is 1. The Morgan fingerprint density at radius 3 is 2.62 bits per heavy atom. The molecule has 2 heterocycles. The van der Waals surface area contributed by atoms with Gasteiger partial charge < -0.3 is 19.8 Å². The number of rotatable bonds is 5. The van der Waals surface area contributed by atoms with Crippen LogP contribution in [0.25, 0.3) is 27.6 Å². The minimum absolute atomic E-state index is 0.0854. The maximum Gasteiger partial charge on any atom is 0.332 e. The zero-order chi connectivity index (χ0) is 20.9. The summed E-state index contributed by atoms with van der Waals surface area (Å²) in [6, 6.07) is 7.27. The van der Waals surface area contributed by atoms with E-state index in [0.717, 1.165) is 28.7 Å². The Morgan fingerprint density at radius 2 is 1.97 bits per heavy atom. The Morgan fingerprint density at radius 1 is 1.21 bits per heavy atom. The van der Waals surface area contributed by atoms with Gasteiger partial charge in [-0.25, -0.2) is 18.6 Å². The standard InChI is InChI=1S/C21H19F2N3O3/c1-10(2)20-13(7-19(27)21(28)29)12-6-16-17(25-9-24-16)8-18(12)26(20)11-3-4-14(22)15(23)5-11/h3-6,8-10,19,27H,7H2,1-2H3,(H,24,25)(H,28,29)/t19-/m0/s1. The van der Waals surface area contributed by atoms with E-state index in [9.17, 15) is 23.8 Å². The molecule has 4 aromatic rings. The molecular weight excluding hydrogens is 380 g/mol. The first-order chi connectivity index (χ1) is 13.8. The minimum atomic E-state index is -1.59. The number of aliphatic hydroxyl groups excluding tert-OH is 1. The summed E-state index contributed by atoms with van der Waals surface area (Å²) in [6.45, 7) is 3.84. The number of carboxylic acids is 1. The minimum Gasteiger partial charge on any atom is -0.479 e. The Labute approximate surface area is 164 Å². The van der Waals surface area contributed by atoms with Gasteiger partial charge in [0, 0.05) is 29.3 Å². The first-order valence-electron chi connectivity index (χ1n) is 9.14. The highest BCUT2D eigenvalue weighted by Crippen LogP contribution is 2.37. The molecule has 0 bridgehead atoms. The van der Waals surface area contributed by atoms with Gasteiger partial charge in [-0.3, -0.25) is 0 Å². The summed E-state index contributed by atoms with van der Waals surface area (Å²) < 4.78 is 29.3. The molecule has 2 aromatic carbocycles. The van der Waals surface area contributed by atoms with E-state index < -0.39 is 23.7 Å². The fraction of sp³-hybridized carbons (Fsp3) is 0.238. The smallest absolute Gasteiger partial charge is 0.332 e. The van der Waals surface area contributed by atoms with Gasteiger partial charge in [-0.2, -0.15) is 0 Å². The fourth-order valence-electron chi connectivity index (χ4n) is 3.80. The Bertz CT molecular complexity index is 1240. The fourth-order valence-corrected chi connectivity index (χ4v) is 3.80. The first-order valence-corrected chi connectivity index (χ1v) is 9.14. The number of nitrogens with zero attached hydrogens (tertiary/aromatic N) is 2. The predicted octanol–water partition coefficient (Wildman–Crippen LogP) is 3.90. The number of fused-ring (bicyclic) bond motifs is 2. The highest BCUT2D eigenvalue weighted by Gasteiger charge is 2.26. The van der Waals surface area contributed by atoms with Crippen LogP contribution in [-0.4, -0.2) is 36.8 Å². The quantitative estimate of drug-likeness (QED) is 0.475. The van der Waals surface area contributed by atoms with Gasteiger partial charge in [-0.05, 0) is 35.7 Å². The maximum absolute atomic E-state index is 14.0. The van der Waals surface area contributed by atoms with E-state index in [2.05, 4.69) is 9.97 Å². The van der Waals surface area contributed by atoms with Crippen molar-refractivity contribution in [3.05, 3.63) is 59.6 Å². The number of aromatic amines is 1. The number of benzene rings is 2. The molecule has 0 saturated heterocycles. The van der Waals surface area contributed by atoms with E-state index in [0.29, 0.717) is 22.3 Å². The number of carbonyl (C=O) groups is 1. The van der Waals surface area contributed by atoms with Gasteiger partial charge in [-0.15, -0.1) is 0 Å². The molecule has 4 rings (SSSR count). The molecule has 29 heavy (non-hydrogen) atoms. The third kappa shape index (κ3) is 3.15. The highest BCUT2D eigenvalue weighted by atomic mass is 19.2. The average Bonchev–Trinajstić information content (AvgIpc) is 3.24. The van der Waals surface area contributed by atoms with Crippen LogP contribution in [0.4, 0.5) is 8.78 Å². The second-order valence-electron chi connectivity index (χ2n) is 7.30. The van der Waals surface area contributed by atoms with Crippen molar-refractivity contribution in [1.82, 2.24) is 14.5 Å². The Kier molecular flexibility index (Phi) is 4.58. The van der Waals surface area contributed by atoms with Gasteiger partial charge in [0.05, 0.1) is 22.9 Å². The summed E-state index contributed by atoms with van der Waals surface area (Å²) in [5.74, 6) is -3.34. The lowest BCUT2D eigenvalue weighted by atomic mass is 9.98. The van der Waals surface area contributed by atoms with Gasteiger partial charge in [0.25, 0.3) is 0 Å². The van der Waals surface area contributed by atoms with Crippen LogP contribution < -0.4 is 0 Å². The molecule has 0 radical (unpaired) electrons. The molecule has 150 valence electrons. The van der Waals surface area contributed by atoms with E-state index in [4.69, 9.17) is 0 Å². The molecule has 0 aliphatic rings. The number of aromatic nitrogens is 3. The summed E-state index contributed by atoms with van der Waals surface area (Å²) in [6.07, 6.45) is -0.162. The van der Waals surface area contributed by atoms with E-state index in [1.165, 1.54) is 6.07 Å². The van der Waals surface area contributed by atoms with Crippen molar-refractivity contribution in [3.8, 4) is 5.69 Å². The van der Waals surface area contributed by atoms with Crippen molar-refractivity contribution in [2.45, 2.75) is 32.3 Å². The molecule has 1 atom stereocenters. The van der Waals surface area contributed by atoms with Crippen molar-refractivity contribution in [1.29, 1.82) is 0 Å². The second kappa shape index (κ2) is 6.97. The molecule has 6 nitrogen and oxygen atoms in total. The van der Waals surface area contributed by atoms with Crippen LogP contribution in [-0.2, 0) is 11.2 Å². The molecule has 0 spiro atoms. The van der Waals surface area contributed by atoms with Crippen LogP contribution in [0.15, 0.2) is 36.7 Å². The van der Waals surface area contributed by atoms with Gasteiger partial charge in [0.1, 0.15) is 0 Å². The van der Waals surface area contributed by atoms with Gasteiger partial charge in [0.15, 0.2) is 17.7 Å². The third-order valence-corrected chi connectivity index (χ3v) is 5.04. The van der Waals surface area contributed by atoms with E-state index in [1.54, 1.807) is 10.9 Å². The summed E-state index contributed by atoms with van der Waals surface area (Å²) in [4.78, 5) is 18.6. The van der Waals surface area contributed by atoms with Crippen LogP contribution in [0, 0.1) is 11.6 Å². The maximum atomic E-state index is 14.0. The molecule has 0 fully saturated rings. The molecular formula is C21H19F2N3O3. The van der Waals surface area contributed by atoms with Crippen molar-refractivity contribution < 1.29 is 23.8 Å². The van der Waals surface area contributed by atoms with Gasteiger partial charge in [0.2, 0.25) is 0 Å². The number of aliphatic carboxylic acids is 1. The predicted molar refractivity (Wildman–Crippen MR) is 104 cm³/mol.